The standard InChI is InChI=1S/C20H28N4O2/c1-22-6-3-7-23(9-8-22)12-18-13-24(14-19(18)15-25)20(26)17-5-2-4-16(10-17)11-21/h2,4-5,10,18-19,25H,3,6-9,12-15H2,1H3/t18-,19-/m1/s1. The summed E-state index contributed by atoms with van der Waals surface area (Å²) in [6.45, 7) is 6.63. The van der Waals surface area contributed by atoms with E-state index in [1.165, 1.54) is 0 Å². The highest BCUT2D eigenvalue weighted by Crippen LogP contribution is 2.26. The summed E-state index contributed by atoms with van der Waals surface area (Å²) >= 11 is 0. The SMILES string of the molecule is CN1CCCN(C[C@@H]2CN(C(=O)c3cccc(C#N)c3)C[C@@H]2CO)CC1. The Bertz CT molecular complexity index is 672. The number of hydrogen-bond donors (Lipinski definition) is 1. The van der Waals surface area contributed by atoms with Crippen LogP contribution in [0.25, 0.3) is 0 Å². The monoisotopic (exact) mass is 356 g/mol. The van der Waals surface area contributed by atoms with Crippen LogP contribution in [0.5, 0.6) is 0 Å². The van der Waals surface area contributed by atoms with E-state index in [1.807, 2.05) is 4.90 Å². The van der Waals surface area contributed by atoms with Crippen LogP contribution in [0.1, 0.15) is 22.3 Å². The van der Waals surface area contributed by atoms with E-state index in [4.69, 9.17) is 5.26 Å². The van der Waals surface area contributed by atoms with Crippen LogP contribution in [0, 0.1) is 23.2 Å². The number of rotatable bonds is 4. The van der Waals surface area contributed by atoms with Crippen LogP contribution >= 0.6 is 0 Å². The molecule has 2 atom stereocenters. The number of aliphatic hydroxyl groups is 1. The van der Waals surface area contributed by atoms with E-state index >= 15 is 0 Å². The Hall–Kier alpha value is -1.94. The molecule has 140 valence electrons. The van der Waals surface area contributed by atoms with Crippen molar-refractivity contribution in [2.45, 2.75) is 6.42 Å². The van der Waals surface area contributed by atoms with Crippen LogP contribution in [-0.4, -0.2) is 85.2 Å². The molecule has 0 aliphatic carbocycles. The number of amides is 1. The van der Waals surface area contributed by atoms with E-state index in [1.54, 1.807) is 24.3 Å². The van der Waals surface area contributed by atoms with Crippen molar-refractivity contribution >= 4 is 5.91 Å². The first kappa shape index (κ1) is 18.8. The molecule has 0 radical (unpaired) electrons. The molecule has 2 aliphatic rings. The zero-order chi connectivity index (χ0) is 18.5. The first-order chi connectivity index (χ1) is 12.6. The Kier molecular flexibility index (Phi) is 6.25. The molecule has 1 N–H and O–H groups in total. The van der Waals surface area contributed by atoms with Crippen molar-refractivity contribution < 1.29 is 9.90 Å². The highest BCUT2D eigenvalue weighted by atomic mass is 16.3. The summed E-state index contributed by atoms with van der Waals surface area (Å²) in [6.07, 6.45) is 1.16. The second-order valence-electron chi connectivity index (χ2n) is 7.56. The van der Waals surface area contributed by atoms with Crippen molar-refractivity contribution in [3.05, 3.63) is 35.4 Å². The molecule has 3 rings (SSSR count). The second kappa shape index (κ2) is 8.63. The molecule has 2 heterocycles. The van der Waals surface area contributed by atoms with Crippen molar-refractivity contribution in [1.29, 1.82) is 5.26 Å². The third-order valence-corrected chi connectivity index (χ3v) is 5.64. The van der Waals surface area contributed by atoms with Crippen LogP contribution in [0.3, 0.4) is 0 Å². The average Bonchev–Trinajstić information content (AvgIpc) is 2.96. The Morgan fingerprint density at radius 1 is 1.23 bits per heavy atom. The van der Waals surface area contributed by atoms with Crippen molar-refractivity contribution in [2.75, 3.05) is 59.5 Å². The molecule has 2 saturated heterocycles. The number of aliphatic hydroxyl groups excluding tert-OH is 1. The Morgan fingerprint density at radius 3 is 2.81 bits per heavy atom. The number of likely N-dealkylation sites (tertiary alicyclic amines) is 1. The average molecular weight is 356 g/mol. The molecule has 6 heteroatoms. The topological polar surface area (TPSA) is 70.8 Å². The van der Waals surface area contributed by atoms with Crippen LogP contribution in [0.4, 0.5) is 0 Å². The van der Waals surface area contributed by atoms with Gasteiger partial charge in [-0.3, -0.25) is 4.79 Å². The molecule has 26 heavy (non-hydrogen) atoms. The summed E-state index contributed by atoms with van der Waals surface area (Å²) in [6, 6.07) is 8.94. The summed E-state index contributed by atoms with van der Waals surface area (Å²) in [7, 11) is 2.16. The van der Waals surface area contributed by atoms with Crippen LogP contribution < -0.4 is 0 Å². The summed E-state index contributed by atoms with van der Waals surface area (Å²) < 4.78 is 0. The van der Waals surface area contributed by atoms with Crippen molar-refractivity contribution in [3.63, 3.8) is 0 Å². The van der Waals surface area contributed by atoms with Gasteiger partial charge in [0.25, 0.3) is 5.91 Å². The minimum absolute atomic E-state index is 0.0429. The summed E-state index contributed by atoms with van der Waals surface area (Å²) in [5, 5.41) is 18.8. The number of likely N-dealkylation sites (N-methyl/N-ethyl adjacent to an activating group) is 1. The van der Waals surface area contributed by atoms with Crippen LogP contribution in [-0.2, 0) is 0 Å². The Labute approximate surface area is 155 Å². The molecule has 0 aromatic heterocycles. The number of carbonyl (C=O) groups excluding carboxylic acids is 1. The normalized spacial score (nSPS) is 25.0. The highest BCUT2D eigenvalue weighted by Gasteiger charge is 2.36. The number of nitriles is 1. The highest BCUT2D eigenvalue weighted by molar-refractivity contribution is 5.94. The van der Waals surface area contributed by atoms with E-state index in [0.29, 0.717) is 30.1 Å². The van der Waals surface area contributed by atoms with Gasteiger partial charge >= 0.3 is 0 Å². The molecular weight excluding hydrogens is 328 g/mol. The van der Waals surface area contributed by atoms with Gasteiger partial charge in [-0.05, 0) is 50.7 Å². The number of carbonyl (C=O) groups is 1. The molecule has 0 saturated carbocycles. The lowest BCUT2D eigenvalue weighted by atomic mass is 9.96. The minimum Gasteiger partial charge on any atom is -0.396 e. The predicted octanol–water partition coefficient (Wildman–Crippen LogP) is 0.876. The summed E-state index contributed by atoms with van der Waals surface area (Å²) in [5.74, 6) is 0.379. The van der Waals surface area contributed by atoms with E-state index < -0.39 is 0 Å². The van der Waals surface area contributed by atoms with E-state index in [9.17, 15) is 9.90 Å². The molecule has 6 nitrogen and oxygen atoms in total. The Morgan fingerprint density at radius 2 is 2.04 bits per heavy atom. The molecule has 0 unspecified atom stereocenters. The quantitative estimate of drug-likeness (QED) is 0.867. The van der Waals surface area contributed by atoms with Gasteiger partial charge in [0.1, 0.15) is 0 Å². The first-order valence-corrected chi connectivity index (χ1v) is 9.42. The largest absolute Gasteiger partial charge is 0.396 e. The molecule has 1 aromatic rings. The second-order valence-corrected chi connectivity index (χ2v) is 7.56. The van der Waals surface area contributed by atoms with Gasteiger partial charge in [0.15, 0.2) is 0 Å². The third kappa shape index (κ3) is 4.42. The predicted molar refractivity (Wildman–Crippen MR) is 99.7 cm³/mol. The molecule has 2 aliphatic heterocycles. The number of hydrogen-bond acceptors (Lipinski definition) is 5. The lowest BCUT2D eigenvalue weighted by Crippen LogP contribution is -2.36. The molecular formula is C20H28N4O2. The van der Waals surface area contributed by atoms with Crippen molar-refractivity contribution in [1.82, 2.24) is 14.7 Å². The van der Waals surface area contributed by atoms with Gasteiger partial charge in [0, 0.05) is 50.8 Å². The maximum absolute atomic E-state index is 12.8. The fourth-order valence-corrected chi connectivity index (χ4v) is 4.04. The third-order valence-electron chi connectivity index (χ3n) is 5.64. The maximum atomic E-state index is 12.8. The van der Waals surface area contributed by atoms with Gasteiger partial charge in [-0.15, -0.1) is 0 Å². The fourth-order valence-electron chi connectivity index (χ4n) is 4.04. The molecule has 1 amide bonds. The van der Waals surface area contributed by atoms with E-state index in [0.717, 1.165) is 39.1 Å². The summed E-state index contributed by atoms with van der Waals surface area (Å²) in [4.78, 5) is 19.5. The lowest BCUT2D eigenvalue weighted by molar-refractivity contribution is 0.0779. The van der Waals surface area contributed by atoms with E-state index in [2.05, 4.69) is 22.9 Å². The smallest absolute Gasteiger partial charge is 0.253 e. The Balaban J connectivity index is 1.64. The van der Waals surface area contributed by atoms with Gasteiger partial charge < -0.3 is 19.8 Å². The zero-order valence-corrected chi connectivity index (χ0v) is 15.5. The maximum Gasteiger partial charge on any atom is 0.253 e. The van der Waals surface area contributed by atoms with Crippen LogP contribution in [0.2, 0.25) is 0 Å². The molecule has 0 bridgehead atoms. The van der Waals surface area contributed by atoms with Crippen LogP contribution in [0.15, 0.2) is 24.3 Å². The van der Waals surface area contributed by atoms with Gasteiger partial charge in [0.2, 0.25) is 0 Å². The lowest BCUT2D eigenvalue weighted by Gasteiger charge is -2.26. The van der Waals surface area contributed by atoms with Crippen molar-refractivity contribution in [2.24, 2.45) is 11.8 Å². The fraction of sp³-hybridized carbons (Fsp3) is 0.600. The minimum atomic E-state index is -0.0429. The van der Waals surface area contributed by atoms with Gasteiger partial charge in [0.05, 0.1) is 11.6 Å². The molecule has 2 fully saturated rings. The van der Waals surface area contributed by atoms with Gasteiger partial charge in [-0.1, -0.05) is 6.07 Å². The van der Waals surface area contributed by atoms with Gasteiger partial charge in [-0.25, -0.2) is 0 Å². The number of nitrogens with zero attached hydrogens (tertiary/aromatic N) is 4. The van der Waals surface area contributed by atoms with Gasteiger partial charge in [-0.2, -0.15) is 5.26 Å². The number of benzene rings is 1. The summed E-state index contributed by atoms with van der Waals surface area (Å²) in [5.41, 5.74) is 1.05. The molecule has 0 spiro atoms. The zero-order valence-electron chi connectivity index (χ0n) is 15.5. The van der Waals surface area contributed by atoms with Crippen molar-refractivity contribution in [3.8, 4) is 6.07 Å². The van der Waals surface area contributed by atoms with E-state index in [-0.39, 0.29) is 18.4 Å². The molecule has 1 aromatic carbocycles. The first-order valence-electron chi connectivity index (χ1n) is 9.42.